The van der Waals surface area contributed by atoms with Crippen molar-refractivity contribution in [2.45, 2.75) is 20.0 Å². The van der Waals surface area contributed by atoms with Crippen molar-refractivity contribution in [2.75, 3.05) is 0 Å². The molecule has 7 nitrogen and oxygen atoms in total. The SMILES string of the molecule is CCn1cccc1-c1noc(CNC(=O)c2ccco2)n1. The molecule has 0 bridgehead atoms. The predicted molar refractivity (Wildman–Crippen MR) is 73.3 cm³/mol. The molecule has 1 amide bonds. The van der Waals surface area contributed by atoms with Gasteiger partial charge in [-0.2, -0.15) is 4.98 Å². The average Bonchev–Trinajstić information content (AvgIpc) is 3.24. The summed E-state index contributed by atoms with van der Waals surface area (Å²) in [6.07, 6.45) is 3.39. The van der Waals surface area contributed by atoms with Crippen molar-refractivity contribution in [1.82, 2.24) is 20.0 Å². The molecule has 1 N–H and O–H groups in total. The Morgan fingerprint density at radius 3 is 3.05 bits per heavy atom. The van der Waals surface area contributed by atoms with Crippen LogP contribution in [0.25, 0.3) is 11.5 Å². The highest BCUT2D eigenvalue weighted by Crippen LogP contribution is 2.16. The lowest BCUT2D eigenvalue weighted by atomic mass is 10.4. The molecule has 0 aliphatic rings. The number of carbonyl (C=O) groups is 1. The summed E-state index contributed by atoms with van der Waals surface area (Å²) in [5.41, 5.74) is 0.880. The van der Waals surface area contributed by atoms with Crippen molar-refractivity contribution in [3.05, 3.63) is 48.4 Å². The smallest absolute Gasteiger partial charge is 0.287 e. The van der Waals surface area contributed by atoms with Crippen molar-refractivity contribution < 1.29 is 13.7 Å². The minimum Gasteiger partial charge on any atom is -0.459 e. The van der Waals surface area contributed by atoms with Crippen LogP contribution in [0.2, 0.25) is 0 Å². The second kappa shape index (κ2) is 5.66. The van der Waals surface area contributed by atoms with Gasteiger partial charge in [-0.25, -0.2) is 0 Å². The molecule has 0 fully saturated rings. The Hall–Kier alpha value is -2.83. The number of aryl methyl sites for hydroxylation is 1. The number of hydrogen-bond donors (Lipinski definition) is 1. The quantitative estimate of drug-likeness (QED) is 0.776. The van der Waals surface area contributed by atoms with Crippen molar-refractivity contribution in [1.29, 1.82) is 0 Å². The van der Waals surface area contributed by atoms with Crippen molar-refractivity contribution in [3.8, 4) is 11.5 Å². The van der Waals surface area contributed by atoms with Gasteiger partial charge in [0.15, 0.2) is 5.76 Å². The maximum absolute atomic E-state index is 11.7. The number of hydrogen-bond acceptors (Lipinski definition) is 5. The second-order valence-corrected chi connectivity index (χ2v) is 4.35. The number of nitrogens with zero attached hydrogens (tertiary/aromatic N) is 3. The number of aromatic nitrogens is 3. The Labute approximate surface area is 120 Å². The third-order valence-corrected chi connectivity index (χ3v) is 3.01. The first-order valence-electron chi connectivity index (χ1n) is 6.57. The molecule has 3 aromatic rings. The fourth-order valence-electron chi connectivity index (χ4n) is 1.97. The van der Waals surface area contributed by atoms with Crippen molar-refractivity contribution >= 4 is 5.91 Å². The zero-order valence-electron chi connectivity index (χ0n) is 11.4. The van der Waals surface area contributed by atoms with E-state index in [1.165, 1.54) is 6.26 Å². The molecular weight excluding hydrogens is 272 g/mol. The van der Waals surface area contributed by atoms with Crippen LogP contribution < -0.4 is 5.32 Å². The Morgan fingerprint density at radius 2 is 2.29 bits per heavy atom. The zero-order valence-corrected chi connectivity index (χ0v) is 11.4. The number of furan rings is 1. The van der Waals surface area contributed by atoms with E-state index in [1.54, 1.807) is 12.1 Å². The summed E-state index contributed by atoms with van der Waals surface area (Å²) in [5.74, 6) is 0.768. The molecule has 0 spiro atoms. The molecule has 0 aliphatic heterocycles. The fourth-order valence-corrected chi connectivity index (χ4v) is 1.97. The third kappa shape index (κ3) is 2.71. The average molecular weight is 286 g/mol. The van der Waals surface area contributed by atoms with Crippen LogP contribution in [0.1, 0.15) is 23.4 Å². The van der Waals surface area contributed by atoms with Gasteiger partial charge >= 0.3 is 0 Å². The van der Waals surface area contributed by atoms with Crippen LogP contribution in [0.5, 0.6) is 0 Å². The molecule has 0 atom stereocenters. The summed E-state index contributed by atoms with van der Waals surface area (Å²) in [5, 5.41) is 6.58. The highest BCUT2D eigenvalue weighted by atomic mass is 16.5. The molecular formula is C14H14N4O3. The van der Waals surface area contributed by atoms with E-state index in [1.807, 2.05) is 29.8 Å². The molecule has 0 aliphatic carbocycles. The highest BCUT2D eigenvalue weighted by molar-refractivity contribution is 5.91. The summed E-state index contributed by atoms with van der Waals surface area (Å²) < 4.78 is 12.1. The van der Waals surface area contributed by atoms with Crippen molar-refractivity contribution in [2.24, 2.45) is 0 Å². The van der Waals surface area contributed by atoms with Crippen LogP contribution in [0, 0.1) is 0 Å². The first-order chi connectivity index (χ1) is 10.3. The summed E-state index contributed by atoms with van der Waals surface area (Å²) >= 11 is 0. The van der Waals surface area contributed by atoms with Gasteiger partial charge in [-0.1, -0.05) is 5.16 Å². The minimum atomic E-state index is -0.323. The predicted octanol–water partition coefficient (Wildman–Crippen LogP) is 2.08. The number of nitrogens with one attached hydrogen (secondary N) is 1. The Morgan fingerprint density at radius 1 is 1.38 bits per heavy atom. The maximum Gasteiger partial charge on any atom is 0.287 e. The normalized spacial score (nSPS) is 10.7. The van der Waals surface area contributed by atoms with Gasteiger partial charge in [0.2, 0.25) is 11.7 Å². The molecule has 3 rings (SSSR count). The van der Waals surface area contributed by atoms with Gasteiger partial charge in [0.1, 0.15) is 0 Å². The summed E-state index contributed by atoms with van der Waals surface area (Å²) in [7, 11) is 0. The van der Waals surface area contributed by atoms with Crippen LogP contribution in [0.3, 0.4) is 0 Å². The minimum absolute atomic E-state index is 0.152. The van der Waals surface area contributed by atoms with E-state index in [-0.39, 0.29) is 18.2 Å². The third-order valence-electron chi connectivity index (χ3n) is 3.01. The number of amides is 1. The van der Waals surface area contributed by atoms with E-state index in [9.17, 15) is 4.79 Å². The van der Waals surface area contributed by atoms with Crippen LogP contribution >= 0.6 is 0 Å². The van der Waals surface area contributed by atoms with Crippen LogP contribution in [-0.2, 0) is 13.1 Å². The van der Waals surface area contributed by atoms with Crippen molar-refractivity contribution in [3.63, 3.8) is 0 Å². The van der Waals surface area contributed by atoms with E-state index in [0.29, 0.717) is 11.7 Å². The lowest BCUT2D eigenvalue weighted by Gasteiger charge is -2.00. The van der Waals surface area contributed by atoms with Gasteiger partial charge in [-0.15, -0.1) is 0 Å². The Kier molecular flexibility index (Phi) is 3.55. The van der Waals surface area contributed by atoms with Crippen LogP contribution in [0.4, 0.5) is 0 Å². The van der Waals surface area contributed by atoms with Gasteiger partial charge in [-0.05, 0) is 31.2 Å². The molecule has 21 heavy (non-hydrogen) atoms. The van der Waals surface area contributed by atoms with E-state index >= 15 is 0 Å². The first-order valence-corrected chi connectivity index (χ1v) is 6.57. The Bertz CT molecular complexity index is 727. The van der Waals surface area contributed by atoms with E-state index < -0.39 is 0 Å². The van der Waals surface area contributed by atoms with Gasteiger partial charge in [0.25, 0.3) is 5.91 Å². The molecule has 0 saturated heterocycles. The topological polar surface area (TPSA) is 86.1 Å². The van der Waals surface area contributed by atoms with Gasteiger partial charge in [-0.3, -0.25) is 4.79 Å². The second-order valence-electron chi connectivity index (χ2n) is 4.35. The lowest BCUT2D eigenvalue weighted by Crippen LogP contribution is -2.22. The van der Waals surface area contributed by atoms with Gasteiger partial charge < -0.3 is 18.8 Å². The van der Waals surface area contributed by atoms with Crippen LogP contribution in [0.15, 0.2) is 45.7 Å². The van der Waals surface area contributed by atoms with E-state index in [0.717, 1.165) is 12.2 Å². The molecule has 0 unspecified atom stereocenters. The molecule has 3 heterocycles. The van der Waals surface area contributed by atoms with E-state index in [4.69, 9.17) is 8.94 Å². The highest BCUT2D eigenvalue weighted by Gasteiger charge is 2.13. The van der Waals surface area contributed by atoms with Gasteiger partial charge in [0.05, 0.1) is 18.5 Å². The first kappa shape index (κ1) is 13.2. The van der Waals surface area contributed by atoms with Crippen LogP contribution in [-0.4, -0.2) is 20.6 Å². The zero-order chi connectivity index (χ0) is 14.7. The molecule has 108 valence electrons. The molecule has 0 aromatic carbocycles. The molecule has 0 saturated carbocycles. The maximum atomic E-state index is 11.7. The number of rotatable bonds is 5. The Balaban J connectivity index is 1.67. The summed E-state index contributed by atoms with van der Waals surface area (Å²) in [6, 6.07) is 7.08. The largest absolute Gasteiger partial charge is 0.459 e. The number of carbonyl (C=O) groups excluding carboxylic acids is 1. The van der Waals surface area contributed by atoms with E-state index in [2.05, 4.69) is 15.5 Å². The lowest BCUT2D eigenvalue weighted by molar-refractivity contribution is 0.0918. The monoisotopic (exact) mass is 286 g/mol. The molecule has 7 heteroatoms. The molecule has 0 radical (unpaired) electrons. The summed E-state index contributed by atoms with van der Waals surface area (Å²) in [4.78, 5) is 16.0. The van der Waals surface area contributed by atoms with Gasteiger partial charge in [0, 0.05) is 12.7 Å². The fraction of sp³-hybridized carbons (Fsp3) is 0.214. The molecule has 3 aromatic heterocycles. The summed E-state index contributed by atoms with van der Waals surface area (Å²) in [6.45, 7) is 3.01. The standard InChI is InChI=1S/C14H14N4O3/c1-2-18-7-3-5-10(18)13-16-12(21-17-13)9-15-14(19)11-6-4-8-20-11/h3-8H,2,9H2,1H3,(H,15,19).